The Morgan fingerprint density at radius 3 is 2.26 bits per heavy atom. The maximum atomic E-state index is 13.6. The molecule has 0 saturated heterocycles. The number of aryl methyl sites for hydroxylation is 2. The minimum atomic E-state index is -5.00. The summed E-state index contributed by atoms with van der Waals surface area (Å²) in [7, 11) is -2.26. The number of rotatable bonds is 7. The van der Waals surface area contributed by atoms with Gasteiger partial charge in [-0.2, -0.15) is 21.6 Å². The van der Waals surface area contributed by atoms with E-state index in [-0.39, 0.29) is 5.92 Å². The molecule has 0 aliphatic carbocycles. The van der Waals surface area contributed by atoms with Crippen LogP contribution >= 0.6 is 0 Å². The summed E-state index contributed by atoms with van der Waals surface area (Å²) in [5, 5.41) is 16.1. The van der Waals surface area contributed by atoms with Crippen molar-refractivity contribution in [3.8, 4) is 5.75 Å². The fourth-order valence-corrected chi connectivity index (χ4v) is 5.02. The van der Waals surface area contributed by atoms with E-state index in [1.165, 1.54) is 14.1 Å². The molecule has 1 aromatic carbocycles. The molecule has 0 radical (unpaired) electrons. The molecule has 212 valence electrons. The molecule has 1 aliphatic heterocycles. The molecular weight excluding hydrogens is 543 g/mol. The number of benzene rings is 1. The zero-order valence-electron chi connectivity index (χ0n) is 21.9. The molecule has 1 unspecified atom stereocenters. The fourth-order valence-electron chi connectivity index (χ4n) is 3.88. The Kier molecular flexibility index (Phi) is 7.79. The lowest BCUT2D eigenvalue weighted by Crippen LogP contribution is -2.34. The van der Waals surface area contributed by atoms with Crippen LogP contribution in [-0.2, 0) is 21.0 Å². The minimum absolute atomic E-state index is 0.206. The summed E-state index contributed by atoms with van der Waals surface area (Å²) >= 11 is 0. The summed E-state index contributed by atoms with van der Waals surface area (Å²) in [6.07, 6.45) is -5.00. The number of anilines is 1. The van der Waals surface area contributed by atoms with E-state index < -0.39 is 73.1 Å². The van der Waals surface area contributed by atoms with E-state index in [4.69, 9.17) is 10.2 Å². The lowest BCUT2D eigenvalue weighted by molar-refractivity contribution is -0.138. The van der Waals surface area contributed by atoms with Gasteiger partial charge in [0.05, 0.1) is 22.9 Å². The first-order valence-electron chi connectivity index (χ1n) is 11.5. The van der Waals surface area contributed by atoms with Gasteiger partial charge in [-0.05, 0) is 43.5 Å². The highest BCUT2D eigenvalue weighted by Crippen LogP contribution is 2.41. The second kappa shape index (κ2) is 10.3. The van der Waals surface area contributed by atoms with E-state index in [0.29, 0.717) is 17.6 Å². The molecule has 0 fully saturated rings. The third-order valence-electron chi connectivity index (χ3n) is 5.97. The average Bonchev–Trinajstić information content (AvgIpc) is 3.25. The monoisotopic (exact) mass is 571 g/mol. The SMILES string of the molecule is Cc1cc(C(NC2=NS(=O)(=O)C(C(N)=O)=C2Nc2ccc(C(F)(F)F)c(C(=O)N(C)C)c2O)C(C)C)oc1C. The van der Waals surface area contributed by atoms with Crippen molar-refractivity contribution in [2.45, 2.75) is 39.9 Å². The van der Waals surface area contributed by atoms with Gasteiger partial charge in [0.15, 0.2) is 16.5 Å². The van der Waals surface area contributed by atoms with E-state index in [1.807, 2.05) is 20.8 Å². The highest BCUT2D eigenvalue weighted by Gasteiger charge is 2.41. The number of sulfonamides is 1. The number of halogens is 3. The van der Waals surface area contributed by atoms with Gasteiger partial charge in [0, 0.05) is 14.1 Å². The number of hydrogen-bond donors (Lipinski definition) is 4. The van der Waals surface area contributed by atoms with Crippen LogP contribution in [0.3, 0.4) is 0 Å². The third kappa shape index (κ3) is 5.72. The maximum Gasteiger partial charge on any atom is 0.417 e. The smallest absolute Gasteiger partial charge is 0.417 e. The molecule has 5 N–H and O–H groups in total. The van der Waals surface area contributed by atoms with Gasteiger partial charge < -0.3 is 30.8 Å². The Bertz CT molecular complexity index is 1490. The molecular formula is C24H28F3N5O6S. The number of phenolic OH excluding ortho intramolecular Hbond substituents is 1. The molecule has 1 aromatic heterocycles. The number of nitrogens with two attached hydrogens (primary N) is 1. The average molecular weight is 572 g/mol. The van der Waals surface area contributed by atoms with E-state index in [2.05, 4.69) is 15.0 Å². The Morgan fingerprint density at radius 1 is 1.18 bits per heavy atom. The number of carbonyl (C=O) groups is 2. The summed E-state index contributed by atoms with van der Waals surface area (Å²) in [5.41, 5.74) is 2.65. The number of amidine groups is 1. The van der Waals surface area contributed by atoms with Crippen molar-refractivity contribution < 1.29 is 40.7 Å². The van der Waals surface area contributed by atoms with Gasteiger partial charge in [0.1, 0.15) is 17.2 Å². The Hall–Kier alpha value is -4.01. The van der Waals surface area contributed by atoms with Crippen molar-refractivity contribution in [2.75, 3.05) is 19.4 Å². The summed E-state index contributed by atoms with van der Waals surface area (Å²) in [4.78, 5) is 24.6. The molecule has 11 nitrogen and oxygen atoms in total. The minimum Gasteiger partial charge on any atom is -0.505 e. The molecule has 15 heteroatoms. The normalized spacial score (nSPS) is 15.8. The van der Waals surface area contributed by atoms with E-state index in [0.717, 1.165) is 16.5 Å². The van der Waals surface area contributed by atoms with Crippen LogP contribution in [0, 0.1) is 19.8 Å². The Labute approximate surface area is 222 Å². The van der Waals surface area contributed by atoms with Gasteiger partial charge in [0.2, 0.25) is 0 Å². The van der Waals surface area contributed by atoms with Crippen molar-refractivity contribution in [3.63, 3.8) is 0 Å². The van der Waals surface area contributed by atoms with Gasteiger partial charge in [0.25, 0.3) is 21.8 Å². The quantitative estimate of drug-likeness (QED) is 0.368. The number of amides is 2. The highest BCUT2D eigenvalue weighted by molar-refractivity contribution is 7.95. The number of primary amides is 1. The van der Waals surface area contributed by atoms with Crippen LogP contribution in [0.15, 0.2) is 37.6 Å². The number of nitrogens with zero attached hydrogens (tertiary/aromatic N) is 2. The number of hydrogen-bond acceptors (Lipinski definition) is 8. The largest absolute Gasteiger partial charge is 0.505 e. The van der Waals surface area contributed by atoms with Crippen LogP contribution in [0.5, 0.6) is 5.75 Å². The third-order valence-corrected chi connectivity index (χ3v) is 7.31. The van der Waals surface area contributed by atoms with Gasteiger partial charge in [-0.15, -0.1) is 4.40 Å². The van der Waals surface area contributed by atoms with Crippen molar-refractivity contribution in [3.05, 3.63) is 57.0 Å². The van der Waals surface area contributed by atoms with Gasteiger partial charge in [-0.25, -0.2) is 0 Å². The molecule has 0 spiro atoms. The van der Waals surface area contributed by atoms with Crippen LogP contribution in [0.4, 0.5) is 18.9 Å². The molecule has 2 amide bonds. The van der Waals surface area contributed by atoms with Gasteiger partial charge in [-0.3, -0.25) is 9.59 Å². The maximum absolute atomic E-state index is 13.6. The van der Waals surface area contributed by atoms with E-state index >= 15 is 0 Å². The van der Waals surface area contributed by atoms with Crippen LogP contribution in [0.25, 0.3) is 0 Å². The van der Waals surface area contributed by atoms with E-state index in [9.17, 15) is 36.3 Å². The molecule has 0 bridgehead atoms. The summed E-state index contributed by atoms with van der Waals surface area (Å²) in [6, 6.07) is 2.41. The molecule has 39 heavy (non-hydrogen) atoms. The standard InChI is InChI=1S/C24H28F3N5O6S/c1-10(2)17(15-9-11(3)12(4)38-15)30-22-18(20(21(28)34)39(36,37)31-22)29-14-8-7-13(24(25,26)27)16(19(14)33)23(35)32(5)6/h7-10,17,29,33H,1-6H3,(H2,28,34)(H,30,31). The summed E-state index contributed by atoms with van der Waals surface area (Å²) in [5.74, 6) is -3.23. The molecule has 1 atom stereocenters. The predicted molar refractivity (Wildman–Crippen MR) is 136 cm³/mol. The number of aromatic hydroxyl groups is 1. The van der Waals surface area contributed by atoms with Crippen LogP contribution in [0.1, 0.15) is 52.9 Å². The Morgan fingerprint density at radius 2 is 1.79 bits per heavy atom. The molecule has 2 aromatic rings. The van der Waals surface area contributed by atoms with Crippen molar-refractivity contribution in [1.82, 2.24) is 10.2 Å². The van der Waals surface area contributed by atoms with Crippen molar-refractivity contribution in [1.29, 1.82) is 0 Å². The lowest BCUT2D eigenvalue weighted by Gasteiger charge is -2.23. The summed E-state index contributed by atoms with van der Waals surface area (Å²) in [6.45, 7) is 7.17. The topological polar surface area (TPSA) is 167 Å². The second-order valence-corrected chi connectivity index (χ2v) is 11.0. The second-order valence-electron chi connectivity index (χ2n) is 9.44. The van der Waals surface area contributed by atoms with Crippen molar-refractivity contribution >= 4 is 33.4 Å². The number of nitrogens with one attached hydrogen (secondary N) is 2. The highest BCUT2D eigenvalue weighted by atomic mass is 32.2. The van der Waals surface area contributed by atoms with Crippen molar-refractivity contribution in [2.24, 2.45) is 16.0 Å². The number of furan rings is 1. The Balaban J connectivity index is 2.17. The van der Waals surface area contributed by atoms with Gasteiger partial charge in [-0.1, -0.05) is 13.8 Å². The molecule has 0 saturated carbocycles. The van der Waals surface area contributed by atoms with E-state index in [1.54, 1.807) is 13.0 Å². The number of carbonyl (C=O) groups excluding carboxylic acids is 2. The number of phenols is 1. The lowest BCUT2D eigenvalue weighted by atomic mass is 10.0. The number of alkyl halides is 3. The van der Waals surface area contributed by atoms with Crippen LogP contribution in [-0.4, -0.2) is 50.2 Å². The summed E-state index contributed by atoms with van der Waals surface area (Å²) < 4.78 is 75.9. The first kappa shape index (κ1) is 29.5. The zero-order chi connectivity index (χ0) is 29.6. The zero-order valence-corrected chi connectivity index (χ0v) is 22.7. The fraction of sp³-hybridized carbons (Fsp3) is 0.375. The molecule has 1 aliphatic rings. The van der Waals surface area contributed by atoms with Crippen LogP contribution in [0.2, 0.25) is 0 Å². The first-order valence-corrected chi connectivity index (χ1v) is 13.0. The molecule has 3 rings (SSSR count). The van der Waals surface area contributed by atoms with Gasteiger partial charge >= 0.3 is 6.18 Å². The molecule has 2 heterocycles. The predicted octanol–water partition coefficient (Wildman–Crippen LogP) is 3.16. The van der Waals surface area contributed by atoms with Crippen LogP contribution < -0.4 is 16.4 Å². The first-order chi connectivity index (χ1) is 17.9.